The highest BCUT2D eigenvalue weighted by Gasteiger charge is 2.11. The summed E-state index contributed by atoms with van der Waals surface area (Å²) in [6.45, 7) is 0.360. The van der Waals surface area contributed by atoms with Gasteiger partial charge >= 0.3 is 0 Å². The maximum Gasteiger partial charge on any atom is 0.254 e. The molecule has 2 rings (SSSR count). The van der Waals surface area contributed by atoms with Crippen LogP contribution in [0, 0.1) is 5.82 Å². The first-order valence-corrected chi connectivity index (χ1v) is 6.44. The Morgan fingerprint density at radius 3 is 3.00 bits per heavy atom. The Hall–Kier alpha value is -1.27. The standard InChI is InChI=1S/C11H8BrFN2OS/c12-7-1-2-9(10(13)3-7)11(16)15-5-8-4-14-6-17-8/h1-4,6H,5H2,(H,15,16). The molecular formula is C11H8BrFN2OS. The van der Waals surface area contributed by atoms with Crippen LogP contribution in [0.4, 0.5) is 4.39 Å². The largest absolute Gasteiger partial charge is 0.347 e. The van der Waals surface area contributed by atoms with Crippen molar-refractivity contribution < 1.29 is 9.18 Å². The van der Waals surface area contributed by atoms with E-state index < -0.39 is 11.7 Å². The fourth-order valence-corrected chi connectivity index (χ4v) is 2.13. The highest BCUT2D eigenvalue weighted by Crippen LogP contribution is 2.15. The third kappa shape index (κ3) is 3.10. The Bertz CT molecular complexity index is 530. The van der Waals surface area contributed by atoms with Gasteiger partial charge in [0.1, 0.15) is 5.82 Å². The lowest BCUT2D eigenvalue weighted by Gasteiger charge is -2.04. The minimum Gasteiger partial charge on any atom is -0.347 e. The van der Waals surface area contributed by atoms with Crippen LogP contribution in [0.25, 0.3) is 0 Å². The van der Waals surface area contributed by atoms with Crippen molar-refractivity contribution in [1.82, 2.24) is 10.3 Å². The van der Waals surface area contributed by atoms with Gasteiger partial charge in [-0.2, -0.15) is 0 Å². The predicted molar refractivity (Wildman–Crippen MR) is 67.4 cm³/mol. The lowest BCUT2D eigenvalue weighted by Crippen LogP contribution is -2.23. The van der Waals surface area contributed by atoms with Crippen LogP contribution in [0.1, 0.15) is 15.2 Å². The first-order valence-electron chi connectivity index (χ1n) is 4.77. The molecule has 88 valence electrons. The molecule has 17 heavy (non-hydrogen) atoms. The Balaban J connectivity index is 2.04. The van der Waals surface area contributed by atoms with E-state index in [0.29, 0.717) is 11.0 Å². The number of aromatic nitrogens is 1. The molecule has 0 aliphatic carbocycles. The summed E-state index contributed by atoms with van der Waals surface area (Å²) >= 11 is 4.58. The predicted octanol–water partition coefficient (Wildman–Crippen LogP) is 2.97. The van der Waals surface area contributed by atoms with E-state index in [1.807, 2.05) is 0 Å². The van der Waals surface area contributed by atoms with Gasteiger partial charge in [0.25, 0.3) is 5.91 Å². The van der Waals surface area contributed by atoms with Crippen LogP contribution in [0.15, 0.2) is 34.4 Å². The fraction of sp³-hybridized carbons (Fsp3) is 0.0909. The van der Waals surface area contributed by atoms with Crippen molar-refractivity contribution in [3.8, 4) is 0 Å². The first kappa shape index (κ1) is 12.2. The first-order chi connectivity index (χ1) is 8.16. The van der Waals surface area contributed by atoms with E-state index in [1.165, 1.54) is 23.5 Å². The summed E-state index contributed by atoms with van der Waals surface area (Å²) in [4.78, 5) is 16.5. The van der Waals surface area contributed by atoms with Crippen molar-refractivity contribution in [2.45, 2.75) is 6.54 Å². The molecule has 0 radical (unpaired) electrons. The molecule has 2 aromatic rings. The maximum absolute atomic E-state index is 13.5. The number of hydrogen-bond acceptors (Lipinski definition) is 3. The van der Waals surface area contributed by atoms with E-state index in [1.54, 1.807) is 17.8 Å². The van der Waals surface area contributed by atoms with Gasteiger partial charge in [-0.15, -0.1) is 11.3 Å². The summed E-state index contributed by atoms with van der Waals surface area (Å²) in [5.74, 6) is -0.968. The normalized spacial score (nSPS) is 10.2. The lowest BCUT2D eigenvalue weighted by atomic mass is 10.2. The van der Waals surface area contributed by atoms with E-state index in [2.05, 4.69) is 26.2 Å². The van der Waals surface area contributed by atoms with Crippen molar-refractivity contribution in [1.29, 1.82) is 0 Å². The third-order valence-electron chi connectivity index (χ3n) is 2.08. The zero-order valence-electron chi connectivity index (χ0n) is 8.61. The number of hydrogen-bond donors (Lipinski definition) is 1. The van der Waals surface area contributed by atoms with Crippen LogP contribution in [-0.2, 0) is 6.54 Å². The topological polar surface area (TPSA) is 42.0 Å². The average molecular weight is 315 g/mol. The third-order valence-corrected chi connectivity index (χ3v) is 3.36. The van der Waals surface area contributed by atoms with Gasteiger partial charge in [-0.3, -0.25) is 9.78 Å². The zero-order valence-corrected chi connectivity index (χ0v) is 11.0. The molecule has 0 fully saturated rings. The average Bonchev–Trinajstić information content (AvgIpc) is 2.78. The van der Waals surface area contributed by atoms with Gasteiger partial charge in [0.2, 0.25) is 0 Å². The highest BCUT2D eigenvalue weighted by atomic mass is 79.9. The molecule has 1 aromatic heterocycles. The van der Waals surface area contributed by atoms with Gasteiger partial charge < -0.3 is 5.32 Å². The van der Waals surface area contributed by atoms with E-state index in [4.69, 9.17) is 0 Å². The molecule has 0 aliphatic heterocycles. The van der Waals surface area contributed by atoms with Crippen molar-refractivity contribution in [3.63, 3.8) is 0 Å². The fourth-order valence-electron chi connectivity index (χ4n) is 1.27. The number of carbonyl (C=O) groups is 1. The van der Waals surface area contributed by atoms with Crippen LogP contribution in [0.3, 0.4) is 0 Å². The molecule has 0 unspecified atom stereocenters. The van der Waals surface area contributed by atoms with Gasteiger partial charge in [0.15, 0.2) is 0 Å². The van der Waals surface area contributed by atoms with Crippen LogP contribution in [0.2, 0.25) is 0 Å². The molecule has 1 N–H and O–H groups in total. The van der Waals surface area contributed by atoms with E-state index in [-0.39, 0.29) is 5.56 Å². The smallest absolute Gasteiger partial charge is 0.254 e. The second kappa shape index (κ2) is 5.37. The molecule has 1 amide bonds. The summed E-state index contributed by atoms with van der Waals surface area (Å²) in [5.41, 5.74) is 1.72. The van der Waals surface area contributed by atoms with E-state index >= 15 is 0 Å². The van der Waals surface area contributed by atoms with Gasteiger partial charge in [0, 0.05) is 15.5 Å². The maximum atomic E-state index is 13.5. The molecule has 0 saturated carbocycles. The van der Waals surface area contributed by atoms with Gasteiger partial charge in [0.05, 0.1) is 17.6 Å². The number of rotatable bonds is 3. The minimum absolute atomic E-state index is 0.0396. The molecule has 0 atom stereocenters. The van der Waals surface area contributed by atoms with Gasteiger partial charge in [-0.1, -0.05) is 15.9 Å². The van der Waals surface area contributed by atoms with Crippen molar-refractivity contribution >= 4 is 33.2 Å². The molecule has 0 aliphatic rings. The Labute approximate surface area is 110 Å². The highest BCUT2D eigenvalue weighted by molar-refractivity contribution is 9.10. The quantitative estimate of drug-likeness (QED) is 0.946. The molecule has 0 spiro atoms. The number of thiazole rings is 1. The minimum atomic E-state index is -0.541. The summed E-state index contributed by atoms with van der Waals surface area (Å²) in [5, 5.41) is 2.64. The summed E-state index contributed by atoms with van der Waals surface area (Å²) in [7, 11) is 0. The van der Waals surface area contributed by atoms with E-state index in [9.17, 15) is 9.18 Å². The second-order valence-electron chi connectivity index (χ2n) is 3.27. The number of nitrogens with one attached hydrogen (secondary N) is 1. The SMILES string of the molecule is O=C(NCc1cncs1)c1ccc(Br)cc1F. The molecular weight excluding hydrogens is 307 g/mol. The Morgan fingerprint density at radius 1 is 1.53 bits per heavy atom. The molecule has 1 aromatic carbocycles. The Kier molecular flexibility index (Phi) is 3.86. The summed E-state index contributed by atoms with van der Waals surface area (Å²) in [6, 6.07) is 4.34. The number of carbonyl (C=O) groups excluding carboxylic acids is 1. The number of benzene rings is 1. The number of amides is 1. The van der Waals surface area contributed by atoms with Gasteiger partial charge in [-0.05, 0) is 18.2 Å². The van der Waals surface area contributed by atoms with Crippen LogP contribution < -0.4 is 5.32 Å². The Morgan fingerprint density at radius 2 is 2.35 bits per heavy atom. The second-order valence-corrected chi connectivity index (χ2v) is 5.16. The number of nitrogens with zero attached hydrogens (tertiary/aromatic N) is 1. The van der Waals surface area contributed by atoms with Crippen molar-refractivity contribution in [2.75, 3.05) is 0 Å². The van der Waals surface area contributed by atoms with Crippen LogP contribution in [0.5, 0.6) is 0 Å². The monoisotopic (exact) mass is 314 g/mol. The molecule has 3 nitrogen and oxygen atoms in total. The van der Waals surface area contributed by atoms with E-state index in [0.717, 1.165) is 4.88 Å². The van der Waals surface area contributed by atoms with Crippen LogP contribution >= 0.6 is 27.3 Å². The lowest BCUT2D eigenvalue weighted by molar-refractivity contribution is 0.0947. The molecule has 0 bridgehead atoms. The molecule has 6 heteroatoms. The van der Waals surface area contributed by atoms with Crippen molar-refractivity contribution in [2.24, 2.45) is 0 Å². The van der Waals surface area contributed by atoms with Gasteiger partial charge in [-0.25, -0.2) is 4.39 Å². The summed E-state index contributed by atoms with van der Waals surface area (Å²) < 4.78 is 14.1. The number of halogens is 2. The summed E-state index contributed by atoms with van der Waals surface area (Å²) in [6.07, 6.45) is 1.67. The zero-order chi connectivity index (χ0) is 12.3. The molecule has 1 heterocycles. The molecule has 0 saturated heterocycles. The van der Waals surface area contributed by atoms with Crippen molar-refractivity contribution in [3.05, 3.63) is 50.6 Å². The van der Waals surface area contributed by atoms with Crippen LogP contribution in [-0.4, -0.2) is 10.9 Å².